The fourth-order valence-corrected chi connectivity index (χ4v) is 4.00. The van der Waals surface area contributed by atoms with Gasteiger partial charge in [-0.2, -0.15) is 0 Å². The van der Waals surface area contributed by atoms with Gasteiger partial charge in [0.1, 0.15) is 5.52 Å². The summed E-state index contributed by atoms with van der Waals surface area (Å²) in [4.78, 5) is 17.4. The van der Waals surface area contributed by atoms with Crippen LogP contribution in [0, 0.1) is 0 Å². The number of methoxy groups -OCH3 is 2. The lowest BCUT2D eigenvalue weighted by Gasteiger charge is -2.10. The van der Waals surface area contributed by atoms with Crippen LogP contribution in [0.3, 0.4) is 0 Å². The minimum absolute atomic E-state index is 0.275. The molecule has 1 heterocycles. The quantitative estimate of drug-likeness (QED) is 0.322. The van der Waals surface area contributed by atoms with Crippen LogP contribution in [0.5, 0.6) is 11.5 Å². The normalized spacial score (nSPS) is 11.0. The minimum atomic E-state index is -0.275. The Labute approximate surface area is 194 Å². The first-order chi connectivity index (χ1) is 16.1. The Bertz CT molecular complexity index is 1510. The number of hydrogen-bond acceptors (Lipinski definition) is 5. The van der Waals surface area contributed by atoms with Gasteiger partial charge in [-0.05, 0) is 53.9 Å². The van der Waals surface area contributed by atoms with Crippen LogP contribution in [0.25, 0.3) is 33.3 Å². The zero-order valence-corrected chi connectivity index (χ0v) is 18.6. The lowest BCUT2D eigenvalue weighted by Crippen LogP contribution is -2.12. The second kappa shape index (κ2) is 8.48. The molecule has 0 fully saturated rings. The number of halogens is 1. The van der Waals surface area contributed by atoms with Crippen molar-refractivity contribution < 1.29 is 18.7 Å². The van der Waals surface area contributed by atoms with Crippen LogP contribution in [0.15, 0.2) is 77.2 Å². The van der Waals surface area contributed by atoms with Crippen molar-refractivity contribution in [3.63, 3.8) is 0 Å². The van der Waals surface area contributed by atoms with E-state index in [1.54, 1.807) is 43.5 Å². The highest BCUT2D eigenvalue weighted by Gasteiger charge is 2.15. The Morgan fingerprint density at radius 2 is 1.70 bits per heavy atom. The Morgan fingerprint density at radius 1 is 0.909 bits per heavy atom. The number of carbonyl (C=O) groups is 1. The second-order valence-electron chi connectivity index (χ2n) is 7.37. The molecular weight excluding hydrogens is 440 g/mol. The Morgan fingerprint density at radius 3 is 2.52 bits per heavy atom. The smallest absolute Gasteiger partial charge is 0.255 e. The van der Waals surface area contributed by atoms with Gasteiger partial charge in [0.05, 0.1) is 14.2 Å². The summed E-state index contributed by atoms with van der Waals surface area (Å²) in [6.07, 6.45) is 0. The minimum Gasteiger partial charge on any atom is -0.493 e. The summed E-state index contributed by atoms with van der Waals surface area (Å²) in [6, 6.07) is 21.9. The van der Waals surface area contributed by atoms with Gasteiger partial charge in [-0.3, -0.25) is 4.79 Å². The number of nitrogens with one attached hydrogen (secondary N) is 1. The third-order valence-electron chi connectivity index (χ3n) is 5.39. The van der Waals surface area contributed by atoms with E-state index in [1.165, 1.54) is 7.11 Å². The van der Waals surface area contributed by atoms with E-state index in [4.69, 9.17) is 25.5 Å². The average molecular weight is 459 g/mol. The number of benzene rings is 4. The summed E-state index contributed by atoms with van der Waals surface area (Å²) in [6.45, 7) is 0. The molecule has 5 rings (SSSR count). The van der Waals surface area contributed by atoms with E-state index in [9.17, 15) is 4.79 Å². The first-order valence-corrected chi connectivity index (χ1v) is 10.6. The van der Waals surface area contributed by atoms with E-state index in [-0.39, 0.29) is 5.91 Å². The molecule has 5 aromatic rings. The second-order valence-corrected chi connectivity index (χ2v) is 7.77. The van der Waals surface area contributed by atoms with Crippen LogP contribution in [0.4, 0.5) is 5.69 Å². The number of fused-ring (bicyclic) bond motifs is 2. The number of amides is 1. The average Bonchev–Trinajstić information content (AvgIpc) is 3.26. The van der Waals surface area contributed by atoms with E-state index in [0.717, 1.165) is 16.3 Å². The third-order valence-corrected chi connectivity index (χ3v) is 5.72. The van der Waals surface area contributed by atoms with Gasteiger partial charge in [-0.25, -0.2) is 4.98 Å². The standard InChI is InChI=1S/C26H19ClN2O4/c1-31-23-11-9-15(13-24(23)32-2)25(30)28-16-10-12-22-21(14-16)29-26(33-22)19-7-3-6-18-17(19)5-4-8-20(18)27/h3-14H,1-2H3,(H,28,30). The fourth-order valence-electron chi connectivity index (χ4n) is 3.76. The van der Waals surface area contributed by atoms with Crippen molar-refractivity contribution in [1.82, 2.24) is 4.98 Å². The predicted octanol–water partition coefficient (Wildman–Crippen LogP) is 6.57. The maximum absolute atomic E-state index is 12.8. The number of hydrogen-bond donors (Lipinski definition) is 1. The number of ether oxygens (including phenoxy) is 2. The third kappa shape index (κ3) is 3.85. The van der Waals surface area contributed by atoms with Crippen molar-refractivity contribution in [2.24, 2.45) is 0 Å². The van der Waals surface area contributed by atoms with Gasteiger partial charge in [-0.15, -0.1) is 0 Å². The maximum atomic E-state index is 12.8. The molecule has 1 aromatic heterocycles. The highest BCUT2D eigenvalue weighted by Crippen LogP contribution is 2.34. The number of aromatic nitrogens is 1. The van der Waals surface area contributed by atoms with E-state index >= 15 is 0 Å². The molecule has 7 heteroatoms. The fraction of sp³-hybridized carbons (Fsp3) is 0.0769. The van der Waals surface area contributed by atoms with Crippen LogP contribution in [-0.4, -0.2) is 25.1 Å². The first-order valence-electron chi connectivity index (χ1n) is 10.2. The van der Waals surface area contributed by atoms with Crippen LogP contribution >= 0.6 is 11.6 Å². The van der Waals surface area contributed by atoms with Gasteiger partial charge in [0.2, 0.25) is 5.89 Å². The van der Waals surface area contributed by atoms with Crippen molar-refractivity contribution in [1.29, 1.82) is 0 Å². The molecule has 0 atom stereocenters. The van der Waals surface area contributed by atoms with E-state index in [2.05, 4.69) is 10.3 Å². The Kier molecular flexibility index (Phi) is 5.36. The van der Waals surface area contributed by atoms with Crippen LogP contribution < -0.4 is 14.8 Å². The van der Waals surface area contributed by atoms with Crippen molar-refractivity contribution in [3.8, 4) is 23.0 Å². The van der Waals surface area contributed by atoms with Gasteiger partial charge in [0, 0.05) is 27.2 Å². The predicted molar refractivity (Wildman–Crippen MR) is 129 cm³/mol. The van der Waals surface area contributed by atoms with E-state index in [0.29, 0.717) is 44.8 Å². The molecule has 4 aromatic carbocycles. The Balaban J connectivity index is 1.46. The summed E-state index contributed by atoms with van der Waals surface area (Å²) >= 11 is 6.34. The lowest BCUT2D eigenvalue weighted by molar-refractivity contribution is 0.102. The SMILES string of the molecule is COc1ccc(C(=O)Nc2ccc3oc(-c4cccc5c(Cl)cccc45)nc3c2)cc1OC. The number of rotatable bonds is 5. The van der Waals surface area contributed by atoms with Gasteiger partial charge < -0.3 is 19.2 Å². The van der Waals surface area contributed by atoms with Crippen LogP contribution in [0.2, 0.25) is 5.02 Å². The number of anilines is 1. The lowest BCUT2D eigenvalue weighted by atomic mass is 10.0. The van der Waals surface area contributed by atoms with Crippen LogP contribution in [-0.2, 0) is 0 Å². The molecule has 1 amide bonds. The van der Waals surface area contributed by atoms with Gasteiger partial charge in [-0.1, -0.05) is 35.9 Å². The summed E-state index contributed by atoms with van der Waals surface area (Å²) in [7, 11) is 3.07. The number of carbonyl (C=O) groups excluding carboxylic acids is 1. The molecule has 164 valence electrons. The zero-order valence-electron chi connectivity index (χ0n) is 17.9. The molecule has 1 N–H and O–H groups in total. The molecule has 0 aliphatic carbocycles. The van der Waals surface area contributed by atoms with Gasteiger partial charge in [0.25, 0.3) is 5.91 Å². The molecule has 6 nitrogen and oxygen atoms in total. The summed E-state index contributed by atoms with van der Waals surface area (Å²) in [5.74, 6) is 1.25. The van der Waals surface area contributed by atoms with Gasteiger partial charge in [0.15, 0.2) is 17.1 Å². The molecule has 0 saturated heterocycles. The van der Waals surface area contributed by atoms with Crippen molar-refractivity contribution in [2.45, 2.75) is 0 Å². The summed E-state index contributed by atoms with van der Waals surface area (Å²) in [5.41, 5.74) is 3.15. The number of nitrogens with zero attached hydrogens (tertiary/aromatic N) is 1. The van der Waals surface area contributed by atoms with E-state index in [1.807, 2.05) is 36.4 Å². The highest BCUT2D eigenvalue weighted by atomic mass is 35.5. The van der Waals surface area contributed by atoms with Crippen LogP contribution in [0.1, 0.15) is 10.4 Å². The van der Waals surface area contributed by atoms with E-state index < -0.39 is 0 Å². The largest absolute Gasteiger partial charge is 0.493 e. The monoisotopic (exact) mass is 458 g/mol. The van der Waals surface area contributed by atoms with Gasteiger partial charge >= 0.3 is 0 Å². The van der Waals surface area contributed by atoms with Crippen molar-refractivity contribution in [3.05, 3.63) is 83.4 Å². The molecule has 0 spiro atoms. The molecular formula is C26H19ClN2O4. The number of oxazole rings is 1. The molecule has 33 heavy (non-hydrogen) atoms. The first kappa shape index (κ1) is 20.8. The molecule has 0 bridgehead atoms. The maximum Gasteiger partial charge on any atom is 0.255 e. The topological polar surface area (TPSA) is 73.6 Å². The highest BCUT2D eigenvalue weighted by molar-refractivity contribution is 6.35. The summed E-state index contributed by atoms with van der Waals surface area (Å²) in [5, 5.41) is 5.45. The Hall–Kier alpha value is -4.03. The molecule has 0 aliphatic heterocycles. The molecule has 0 saturated carbocycles. The van der Waals surface area contributed by atoms with Crippen molar-refractivity contribution >= 4 is 45.1 Å². The van der Waals surface area contributed by atoms with Crippen molar-refractivity contribution in [2.75, 3.05) is 19.5 Å². The molecule has 0 unspecified atom stereocenters. The summed E-state index contributed by atoms with van der Waals surface area (Å²) < 4.78 is 16.5. The molecule has 0 radical (unpaired) electrons. The molecule has 0 aliphatic rings. The zero-order chi connectivity index (χ0) is 22.9.